The third-order valence-corrected chi connectivity index (χ3v) is 2.63. The van der Waals surface area contributed by atoms with Crippen molar-refractivity contribution >= 4 is 11.6 Å². The van der Waals surface area contributed by atoms with E-state index in [1.165, 1.54) is 0 Å². The first-order valence-corrected chi connectivity index (χ1v) is 5.70. The van der Waals surface area contributed by atoms with Crippen LogP contribution in [0.25, 0.3) is 0 Å². The second kappa shape index (κ2) is 6.91. The zero-order valence-electron chi connectivity index (χ0n) is 10.3. The molecule has 0 atom stereocenters. The van der Waals surface area contributed by atoms with Crippen molar-refractivity contribution in [3.05, 3.63) is 24.3 Å². The first kappa shape index (κ1) is 13.5. The number of amides is 1. The summed E-state index contributed by atoms with van der Waals surface area (Å²) in [5.41, 5.74) is 0.847. The van der Waals surface area contributed by atoms with E-state index in [4.69, 9.17) is 9.84 Å². The molecule has 0 aliphatic heterocycles. The average Bonchev–Trinajstić information content (AvgIpc) is 2.38. The van der Waals surface area contributed by atoms with Crippen LogP contribution in [0.1, 0.15) is 19.3 Å². The molecule has 94 valence electrons. The van der Waals surface area contributed by atoms with E-state index in [0.717, 1.165) is 17.9 Å². The van der Waals surface area contributed by atoms with Gasteiger partial charge in [-0.15, -0.1) is 0 Å². The minimum absolute atomic E-state index is 0.0589. The highest BCUT2D eigenvalue weighted by Gasteiger charge is 2.10. The van der Waals surface area contributed by atoms with Crippen molar-refractivity contribution in [3.63, 3.8) is 0 Å². The first-order chi connectivity index (χ1) is 8.19. The number of ether oxygens (including phenoxy) is 1. The van der Waals surface area contributed by atoms with Gasteiger partial charge in [0.2, 0.25) is 5.91 Å². The van der Waals surface area contributed by atoms with Gasteiger partial charge in [0.05, 0.1) is 7.11 Å². The average molecular weight is 237 g/mol. The molecule has 0 fully saturated rings. The third-order valence-electron chi connectivity index (χ3n) is 2.63. The smallest absolute Gasteiger partial charge is 0.226 e. The Kier molecular flexibility index (Phi) is 5.49. The number of hydrogen-bond donors (Lipinski definition) is 1. The topological polar surface area (TPSA) is 49.8 Å². The molecule has 0 aliphatic rings. The number of unbranched alkanes of at least 4 members (excludes halogenated alkanes) is 1. The summed E-state index contributed by atoms with van der Waals surface area (Å²) in [6.45, 7) is 0.138. The molecule has 0 bridgehead atoms. The Morgan fingerprint density at radius 2 is 1.94 bits per heavy atom. The molecule has 0 heterocycles. The van der Waals surface area contributed by atoms with Gasteiger partial charge < -0.3 is 14.7 Å². The molecule has 1 aromatic rings. The van der Waals surface area contributed by atoms with E-state index in [2.05, 4.69) is 0 Å². The van der Waals surface area contributed by atoms with Crippen molar-refractivity contribution in [1.29, 1.82) is 0 Å². The lowest BCUT2D eigenvalue weighted by atomic mass is 10.2. The number of rotatable bonds is 6. The van der Waals surface area contributed by atoms with Gasteiger partial charge in [-0.2, -0.15) is 0 Å². The molecule has 1 rings (SSSR count). The Labute approximate surface area is 102 Å². The predicted octanol–water partition coefficient (Wildman–Crippen LogP) is 1.82. The van der Waals surface area contributed by atoms with Crippen molar-refractivity contribution in [2.24, 2.45) is 0 Å². The molecule has 0 spiro atoms. The Morgan fingerprint density at radius 1 is 1.29 bits per heavy atom. The molecule has 0 unspecified atom stereocenters. The number of carbonyl (C=O) groups is 1. The lowest BCUT2D eigenvalue weighted by molar-refractivity contribution is -0.118. The number of carbonyl (C=O) groups excluding carboxylic acids is 1. The van der Waals surface area contributed by atoms with Crippen molar-refractivity contribution in [2.75, 3.05) is 25.7 Å². The molecule has 0 aromatic heterocycles. The SMILES string of the molecule is COc1ccc(N(C)C(=O)CCCCO)cc1. The minimum atomic E-state index is 0.0589. The zero-order chi connectivity index (χ0) is 12.7. The van der Waals surface area contributed by atoms with Crippen LogP contribution in [0.5, 0.6) is 5.75 Å². The molecular formula is C13H19NO3. The van der Waals surface area contributed by atoms with E-state index in [9.17, 15) is 4.79 Å². The summed E-state index contributed by atoms with van der Waals surface area (Å²) >= 11 is 0. The highest BCUT2D eigenvalue weighted by Crippen LogP contribution is 2.18. The molecule has 1 aromatic carbocycles. The second-order valence-electron chi connectivity index (χ2n) is 3.83. The molecule has 0 saturated carbocycles. The molecule has 4 nitrogen and oxygen atoms in total. The van der Waals surface area contributed by atoms with Crippen molar-refractivity contribution < 1.29 is 14.6 Å². The molecule has 17 heavy (non-hydrogen) atoms. The summed E-state index contributed by atoms with van der Waals surface area (Å²) in [5, 5.41) is 8.65. The molecule has 0 radical (unpaired) electrons. The molecule has 0 aliphatic carbocycles. The highest BCUT2D eigenvalue weighted by molar-refractivity contribution is 5.92. The van der Waals surface area contributed by atoms with Gasteiger partial charge in [0.1, 0.15) is 5.75 Å². The fourth-order valence-electron chi connectivity index (χ4n) is 1.51. The van der Waals surface area contributed by atoms with Crippen molar-refractivity contribution in [3.8, 4) is 5.75 Å². The Bertz CT molecular complexity index is 348. The number of anilines is 1. The monoisotopic (exact) mass is 237 g/mol. The van der Waals surface area contributed by atoms with E-state index >= 15 is 0 Å². The Hall–Kier alpha value is -1.55. The molecule has 1 amide bonds. The van der Waals surface area contributed by atoms with Crippen LogP contribution in [0.3, 0.4) is 0 Å². The Morgan fingerprint density at radius 3 is 2.47 bits per heavy atom. The van der Waals surface area contributed by atoms with Crippen molar-refractivity contribution in [2.45, 2.75) is 19.3 Å². The highest BCUT2D eigenvalue weighted by atomic mass is 16.5. The molecule has 4 heteroatoms. The molecular weight excluding hydrogens is 218 g/mol. The number of benzene rings is 1. The predicted molar refractivity (Wildman–Crippen MR) is 67.3 cm³/mol. The van der Waals surface area contributed by atoms with Gasteiger partial charge in [0, 0.05) is 25.8 Å². The largest absolute Gasteiger partial charge is 0.497 e. The number of hydrogen-bond acceptors (Lipinski definition) is 3. The summed E-state index contributed by atoms with van der Waals surface area (Å²) in [6.07, 6.45) is 1.85. The van der Waals surface area contributed by atoms with Crippen LogP contribution in [0.15, 0.2) is 24.3 Å². The maximum Gasteiger partial charge on any atom is 0.226 e. The van der Waals surface area contributed by atoms with Gasteiger partial charge in [0.25, 0.3) is 0 Å². The van der Waals surface area contributed by atoms with E-state index in [1.54, 1.807) is 19.1 Å². The van der Waals surface area contributed by atoms with Crippen LogP contribution in [-0.2, 0) is 4.79 Å². The number of nitrogens with zero attached hydrogens (tertiary/aromatic N) is 1. The number of aliphatic hydroxyl groups excluding tert-OH is 1. The summed E-state index contributed by atoms with van der Waals surface area (Å²) in [6, 6.07) is 7.35. The number of aliphatic hydroxyl groups is 1. The standard InChI is InChI=1S/C13H19NO3/c1-14(13(16)5-3-4-10-15)11-6-8-12(17-2)9-7-11/h6-9,15H,3-5,10H2,1-2H3. The maximum atomic E-state index is 11.8. The van der Waals surface area contributed by atoms with Gasteiger partial charge >= 0.3 is 0 Å². The normalized spacial score (nSPS) is 10.1. The lowest BCUT2D eigenvalue weighted by Gasteiger charge is -2.17. The molecule has 1 N–H and O–H groups in total. The lowest BCUT2D eigenvalue weighted by Crippen LogP contribution is -2.25. The van der Waals surface area contributed by atoms with Crippen molar-refractivity contribution in [1.82, 2.24) is 0 Å². The third kappa shape index (κ3) is 4.07. The molecule has 0 saturated heterocycles. The van der Waals surface area contributed by atoms with Gasteiger partial charge in [-0.05, 0) is 37.1 Å². The van der Waals surface area contributed by atoms with Gasteiger partial charge in [0.15, 0.2) is 0 Å². The summed E-state index contributed by atoms with van der Waals surface area (Å²) < 4.78 is 5.06. The summed E-state index contributed by atoms with van der Waals surface area (Å²) in [7, 11) is 3.36. The first-order valence-electron chi connectivity index (χ1n) is 5.70. The summed E-state index contributed by atoms with van der Waals surface area (Å²) in [4.78, 5) is 13.4. The number of methoxy groups -OCH3 is 1. The van der Waals surface area contributed by atoms with Crippen LogP contribution in [0.4, 0.5) is 5.69 Å². The van der Waals surface area contributed by atoms with Gasteiger partial charge in [-0.1, -0.05) is 0 Å². The maximum absolute atomic E-state index is 11.8. The second-order valence-corrected chi connectivity index (χ2v) is 3.83. The fraction of sp³-hybridized carbons (Fsp3) is 0.462. The van der Waals surface area contributed by atoms with Gasteiger partial charge in [-0.3, -0.25) is 4.79 Å². The quantitative estimate of drug-likeness (QED) is 0.768. The van der Waals surface area contributed by atoms with E-state index in [1.807, 2.05) is 24.3 Å². The summed E-state index contributed by atoms with van der Waals surface area (Å²) in [5.74, 6) is 0.832. The Balaban J connectivity index is 2.55. The van der Waals surface area contributed by atoms with Crippen LogP contribution >= 0.6 is 0 Å². The van der Waals surface area contributed by atoms with E-state index < -0.39 is 0 Å². The fourth-order valence-corrected chi connectivity index (χ4v) is 1.51. The van der Waals surface area contributed by atoms with Gasteiger partial charge in [-0.25, -0.2) is 0 Å². The minimum Gasteiger partial charge on any atom is -0.497 e. The van der Waals surface area contributed by atoms with Crippen LogP contribution in [0.2, 0.25) is 0 Å². The zero-order valence-corrected chi connectivity index (χ0v) is 10.3. The van der Waals surface area contributed by atoms with Crippen LogP contribution < -0.4 is 9.64 Å². The van der Waals surface area contributed by atoms with E-state index in [0.29, 0.717) is 12.8 Å². The van der Waals surface area contributed by atoms with Crippen LogP contribution in [0, 0.1) is 0 Å². The van der Waals surface area contributed by atoms with Crippen LogP contribution in [-0.4, -0.2) is 31.8 Å². The van der Waals surface area contributed by atoms with E-state index in [-0.39, 0.29) is 12.5 Å².